The second kappa shape index (κ2) is 6.24. The van der Waals surface area contributed by atoms with Gasteiger partial charge < -0.3 is 24.3 Å². The Hall–Kier alpha value is -2.63. The Bertz CT molecular complexity index is 711. The molecule has 23 heavy (non-hydrogen) atoms. The number of nitrogens with zero attached hydrogens (tertiary/aromatic N) is 2. The van der Waals surface area contributed by atoms with Crippen LogP contribution < -0.4 is 14.8 Å². The van der Waals surface area contributed by atoms with Crippen molar-refractivity contribution in [3.8, 4) is 11.5 Å². The zero-order valence-electron chi connectivity index (χ0n) is 13.6. The second-order valence-electron chi connectivity index (χ2n) is 5.49. The van der Waals surface area contributed by atoms with Crippen molar-refractivity contribution in [2.45, 2.75) is 19.5 Å². The van der Waals surface area contributed by atoms with E-state index in [2.05, 4.69) is 16.0 Å². The van der Waals surface area contributed by atoms with E-state index < -0.39 is 0 Å². The highest BCUT2D eigenvalue weighted by Crippen LogP contribution is 2.31. The molecule has 2 amide bonds. The minimum atomic E-state index is -0.131. The number of hydrogen-bond acceptors (Lipinski definition) is 3. The van der Waals surface area contributed by atoms with Gasteiger partial charge in [-0.15, -0.1) is 0 Å². The van der Waals surface area contributed by atoms with Crippen molar-refractivity contribution in [2.24, 2.45) is 0 Å². The van der Waals surface area contributed by atoms with Crippen LogP contribution >= 0.6 is 0 Å². The lowest BCUT2D eigenvalue weighted by atomic mass is 10.1. The van der Waals surface area contributed by atoms with Crippen molar-refractivity contribution in [3.63, 3.8) is 0 Å². The smallest absolute Gasteiger partial charge is 0.322 e. The van der Waals surface area contributed by atoms with E-state index in [1.165, 1.54) is 0 Å². The second-order valence-corrected chi connectivity index (χ2v) is 5.49. The predicted molar refractivity (Wildman–Crippen MR) is 88.1 cm³/mol. The molecule has 0 saturated heterocycles. The molecule has 2 heterocycles. The van der Waals surface area contributed by atoms with E-state index >= 15 is 0 Å². The number of aromatic nitrogens is 1. The van der Waals surface area contributed by atoms with Gasteiger partial charge in [0.1, 0.15) is 11.5 Å². The molecule has 1 N–H and O–H groups in total. The van der Waals surface area contributed by atoms with Crippen molar-refractivity contribution in [1.29, 1.82) is 0 Å². The Kier molecular flexibility index (Phi) is 4.14. The Morgan fingerprint density at radius 1 is 1.22 bits per heavy atom. The summed E-state index contributed by atoms with van der Waals surface area (Å²) in [6.45, 7) is 3.52. The third-order valence-electron chi connectivity index (χ3n) is 4.25. The van der Waals surface area contributed by atoms with Crippen LogP contribution in [0, 0.1) is 0 Å². The number of rotatable bonds is 3. The minimum absolute atomic E-state index is 0.0305. The fraction of sp³-hybridized carbons (Fsp3) is 0.353. The third-order valence-corrected chi connectivity index (χ3v) is 4.25. The Morgan fingerprint density at radius 3 is 2.78 bits per heavy atom. The van der Waals surface area contributed by atoms with Gasteiger partial charge in [-0.05, 0) is 31.2 Å². The average Bonchev–Trinajstić information content (AvgIpc) is 3.05. The first-order valence-corrected chi connectivity index (χ1v) is 7.58. The highest BCUT2D eigenvalue weighted by molar-refractivity contribution is 5.91. The molecular weight excluding hydrogens is 294 g/mol. The maximum absolute atomic E-state index is 12.7. The summed E-state index contributed by atoms with van der Waals surface area (Å²) >= 11 is 0. The summed E-state index contributed by atoms with van der Waals surface area (Å²) in [6.07, 6.45) is 2.05. The quantitative estimate of drug-likeness (QED) is 0.947. The van der Waals surface area contributed by atoms with Gasteiger partial charge in [-0.3, -0.25) is 0 Å². The first-order valence-electron chi connectivity index (χ1n) is 7.58. The maximum atomic E-state index is 12.7. The molecule has 6 heteroatoms. The highest BCUT2D eigenvalue weighted by Gasteiger charge is 2.27. The van der Waals surface area contributed by atoms with Gasteiger partial charge in [0.15, 0.2) is 0 Å². The molecule has 0 radical (unpaired) electrons. The molecule has 0 fully saturated rings. The van der Waals surface area contributed by atoms with E-state index in [1.54, 1.807) is 32.4 Å². The van der Waals surface area contributed by atoms with Gasteiger partial charge in [0.05, 0.1) is 25.9 Å². The van der Waals surface area contributed by atoms with Crippen molar-refractivity contribution < 1.29 is 14.3 Å². The van der Waals surface area contributed by atoms with Gasteiger partial charge in [0.2, 0.25) is 0 Å². The van der Waals surface area contributed by atoms with Gasteiger partial charge in [-0.1, -0.05) is 0 Å². The SMILES string of the molecule is COc1ccc(NC(=O)N2CCn3cccc3[C@@H]2C)c(OC)c1. The average molecular weight is 315 g/mol. The maximum Gasteiger partial charge on any atom is 0.322 e. The first-order chi connectivity index (χ1) is 11.1. The topological polar surface area (TPSA) is 55.7 Å². The molecule has 0 spiro atoms. The van der Waals surface area contributed by atoms with Crippen LogP contribution in [-0.2, 0) is 6.54 Å². The summed E-state index contributed by atoms with van der Waals surface area (Å²) in [5, 5.41) is 2.93. The lowest BCUT2D eigenvalue weighted by Gasteiger charge is -2.35. The molecule has 6 nitrogen and oxygen atoms in total. The molecule has 1 aliphatic heterocycles. The minimum Gasteiger partial charge on any atom is -0.497 e. The van der Waals surface area contributed by atoms with Crippen LogP contribution in [0.15, 0.2) is 36.5 Å². The van der Waals surface area contributed by atoms with Crippen molar-refractivity contribution in [1.82, 2.24) is 9.47 Å². The van der Waals surface area contributed by atoms with E-state index in [-0.39, 0.29) is 12.1 Å². The Balaban J connectivity index is 1.77. The summed E-state index contributed by atoms with van der Waals surface area (Å²) in [7, 11) is 3.17. The molecule has 0 saturated carbocycles. The normalized spacial score (nSPS) is 16.7. The standard InChI is InChI=1S/C17H21N3O3/c1-12-15-5-4-8-19(15)9-10-20(12)17(21)18-14-7-6-13(22-2)11-16(14)23-3/h4-8,11-12H,9-10H2,1-3H3,(H,18,21)/t12-/m0/s1. The molecular formula is C17H21N3O3. The number of benzene rings is 1. The summed E-state index contributed by atoms with van der Waals surface area (Å²) in [6, 6.07) is 9.30. The predicted octanol–water partition coefficient (Wildman–Crippen LogP) is 3.11. The van der Waals surface area contributed by atoms with Crippen molar-refractivity contribution >= 4 is 11.7 Å². The fourth-order valence-electron chi connectivity index (χ4n) is 2.95. The van der Waals surface area contributed by atoms with E-state index in [0.717, 1.165) is 12.2 Å². The van der Waals surface area contributed by atoms with Crippen LogP contribution in [-0.4, -0.2) is 36.3 Å². The molecule has 0 aliphatic carbocycles. The lowest BCUT2D eigenvalue weighted by Crippen LogP contribution is -2.43. The number of urea groups is 1. The number of methoxy groups -OCH3 is 2. The molecule has 1 atom stereocenters. The largest absolute Gasteiger partial charge is 0.497 e. The van der Waals surface area contributed by atoms with Crippen molar-refractivity contribution in [2.75, 3.05) is 26.1 Å². The van der Waals surface area contributed by atoms with Gasteiger partial charge in [-0.25, -0.2) is 4.79 Å². The zero-order chi connectivity index (χ0) is 16.4. The number of fused-ring (bicyclic) bond motifs is 1. The fourth-order valence-corrected chi connectivity index (χ4v) is 2.95. The van der Waals surface area contributed by atoms with Crippen LogP contribution in [0.2, 0.25) is 0 Å². The first kappa shape index (κ1) is 15.3. The number of amides is 2. The van der Waals surface area contributed by atoms with Gasteiger partial charge in [-0.2, -0.15) is 0 Å². The van der Waals surface area contributed by atoms with Crippen LogP contribution in [0.4, 0.5) is 10.5 Å². The molecule has 0 unspecified atom stereocenters. The molecule has 3 rings (SSSR count). The number of carbonyl (C=O) groups is 1. The van der Waals surface area contributed by atoms with Gasteiger partial charge >= 0.3 is 6.03 Å². The highest BCUT2D eigenvalue weighted by atomic mass is 16.5. The number of hydrogen-bond donors (Lipinski definition) is 1. The summed E-state index contributed by atoms with van der Waals surface area (Å²) in [5.41, 5.74) is 1.78. The Morgan fingerprint density at radius 2 is 2.04 bits per heavy atom. The van der Waals surface area contributed by atoms with E-state index in [1.807, 2.05) is 24.1 Å². The van der Waals surface area contributed by atoms with E-state index in [9.17, 15) is 4.79 Å². The van der Waals surface area contributed by atoms with Gasteiger partial charge in [0, 0.05) is 31.0 Å². The van der Waals surface area contributed by atoms with Crippen LogP contribution in [0.3, 0.4) is 0 Å². The summed E-state index contributed by atoms with van der Waals surface area (Å²) in [4.78, 5) is 14.5. The Labute approximate surface area is 135 Å². The summed E-state index contributed by atoms with van der Waals surface area (Å²) in [5.74, 6) is 1.26. The third kappa shape index (κ3) is 2.84. The monoisotopic (exact) mass is 315 g/mol. The van der Waals surface area contributed by atoms with Crippen LogP contribution in [0.25, 0.3) is 0 Å². The van der Waals surface area contributed by atoms with Crippen molar-refractivity contribution in [3.05, 3.63) is 42.2 Å². The number of nitrogens with one attached hydrogen (secondary N) is 1. The molecule has 0 bridgehead atoms. The lowest BCUT2D eigenvalue weighted by molar-refractivity contribution is 0.175. The van der Waals surface area contributed by atoms with Crippen LogP contribution in [0.5, 0.6) is 11.5 Å². The zero-order valence-corrected chi connectivity index (χ0v) is 13.6. The number of carbonyl (C=O) groups excluding carboxylic acids is 1. The molecule has 1 aromatic carbocycles. The number of ether oxygens (including phenoxy) is 2. The number of anilines is 1. The van der Waals surface area contributed by atoms with Crippen LogP contribution in [0.1, 0.15) is 18.7 Å². The summed E-state index contributed by atoms with van der Waals surface area (Å²) < 4.78 is 12.7. The molecule has 1 aliphatic rings. The van der Waals surface area contributed by atoms with E-state index in [4.69, 9.17) is 9.47 Å². The molecule has 1 aromatic heterocycles. The van der Waals surface area contributed by atoms with Gasteiger partial charge in [0.25, 0.3) is 0 Å². The molecule has 2 aromatic rings. The molecule has 122 valence electrons. The van der Waals surface area contributed by atoms with E-state index in [0.29, 0.717) is 23.7 Å².